The Morgan fingerprint density at radius 3 is 0.848 bits per heavy atom. The molecule has 0 aliphatic heterocycles. The van der Waals surface area contributed by atoms with Gasteiger partial charge < -0.3 is 10.7 Å². The zero-order valence-electron chi connectivity index (χ0n) is 23.6. The Balaban J connectivity index is -0.0000000618. The molecule has 237 valence electrons. The Morgan fingerprint density at radius 2 is 0.674 bits per heavy atom. The molecule has 1 aromatic heterocycles. The SMILES string of the molecule is Cc1cccc([NH-])n1.[C-]#[O+].[C-]#[O+].[C-]#[O+].[C-]#[O+].[C-]#[O+].[C-]#[O+].[C-]#[O+].[C-]#[O+].[Ru+].[Ru].[Ru].c1ccc(P(c2ccccc2)c2ccccc2)cc1. The monoisotopic (exact) mass is 899 g/mol. The maximum Gasteiger partial charge on any atom is 1.00 e. The molecule has 46 heavy (non-hydrogen) atoms. The number of pyridine rings is 1. The quantitative estimate of drug-likeness (QED) is 0.116. The van der Waals surface area contributed by atoms with Crippen LogP contribution in [0.2, 0.25) is 0 Å². The van der Waals surface area contributed by atoms with Crippen LogP contribution in [0.15, 0.2) is 109 Å². The van der Waals surface area contributed by atoms with Crippen molar-refractivity contribution >= 4 is 29.7 Å². The van der Waals surface area contributed by atoms with Gasteiger partial charge in [-0.3, -0.25) is 0 Å². The number of hydrogen-bond acceptors (Lipinski definition) is 1. The number of hydrogen-bond donors (Lipinski definition) is 0. The number of nitrogens with zero attached hydrogens (tertiary/aromatic N) is 1. The van der Waals surface area contributed by atoms with E-state index in [1.165, 1.54) is 15.9 Å². The predicted octanol–water partition coefficient (Wildman–Crippen LogP) is 5.21. The van der Waals surface area contributed by atoms with Crippen LogP contribution < -0.4 is 15.9 Å². The molecule has 0 aliphatic carbocycles. The van der Waals surface area contributed by atoms with Crippen LogP contribution in [0.25, 0.3) is 5.73 Å². The minimum Gasteiger partial charge on any atom is -0.0622 e. The van der Waals surface area contributed by atoms with Crippen molar-refractivity contribution in [3.05, 3.63) is 174 Å². The number of rotatable bonds is 3. The fourth-order valence-electron chi connectivity index (χ4n) is 2.72. The summed E-state index contributed by atoms with van der Waals surface area (Å²) in [5.74, 6) is 0.338. The molecule has 10 nitrogen and oxygen atoms in total. The molecule has 1 heterocycles. The second-order valence-corrected chi connectivity index (χ2v) is 8.23. The molecule has 4 rings (SSSR count). The Labute approximate surface area is 309 Å². The van der Waals surface area contributed by atoms with Gasteiger partial charge in [0.2, 0.25) is 0 Å². The van der Waals surface area contributed by atoms with Crippen LogP contribution in [-0.4, -0.2) is 4.98 Å². The molecule has 0 bridgehead atoms. The van der Waals surface area contributed by atoms with Gasteiger partial charge in [0.25, 0.3) is 0 Å². The minimum absolute atomic E-state index is 0. The number of benzene rings is 3. The minimum atomic E-state index is -0.446. The van der Waals surface area contributed by atoms with Crippen LogP contribution in [0.4, 0.5) is 5.82 Å². The Bertz CT molecular complexity index is 1150. The number of aryl methyl sites for hydroxylation is 1. The third kappa shape index (κ3) is 35.3. The van der Waals surface area contributed by atoms with E-state index in [4.69, 9.17) is 43.0 Å². The standard InChI is InChI=1S/C18H15P.C6H7N2.8CO.3Ru/c1-4-10-16(11-5-1)19(17-12-6-2-7-13-17)18-14-8-3-9-15-18;1-5-3-2-4-6(7)8-5;8*1-2;;;/h1-15H;2-4H,1H3,(H-,7,8);;;;;;;;;;;/q;-1;;;;;;;;;;;+1. The van der Waals surface area contributed by atoms with E-state index < -0.39 is 7.92 Å². The molecule has 3 aromatic carbocycles. The van der Waals surface area contributed by atoms with Crippen molar-refractivity contribution in [2.24, 2.45) is 0 Å². The van der Waals surface area contributed by atoms with E-state index in [0.29, 0.717) is 5.82 Å². The molecule has 1 N–H and O–H groups in total. The predicted molar refractivity (Wildman–Crippen MR) is 150 cm³/mol. The van der Waals surface area contributed by atoms with Crippen molar-refractivity contribution < 1.29 is 95.7 Å². The van der Waals surface area contributed by atoms with E-state index in [1.54, 1.807) is 6.07 Å². The summed E-state index contributed by atoms with van der Waals surface area (Å²) >= 11 is 0. The van der Waals surface area contributed by atoms with Gasteiger partial charge in [-0.1, -0.05) is 121 Å². The number of aromatic nitrogens is 1. The molecule has 0 saturated carbocycles. The topological polar surface area (TPSA) is 196 Å². The summed E-state index contributed by atoms with van der Waals surface area (Å²) in [7, 11) is -0.446. The van der Waals surface area contributed by atoms with Gasteiger partial charge in [-0.25, -0.2) is 0 Å². The van der Waals surface area contributed by atoms with E-state index in [9.17, 15) is 0 Å². The third-order valence-electron chi connectivity index (χ3n) is 3.93. The molecule has 0 spiro atoms. The van der Waals surface area contributed by atoms with Crippen LogP contribution in [0.1, 0.15) is 5.69 Å². The van der Waals surface area contributed by atoms with Gasteiger partial charge in [-0.2, -0.15) is 0 Å². The van der Waals surface area contributed by atoms with Gasteiger partial charge in [0.05, 0.1) is 0 Å². The van der Waals surface area contributed by atoms with E-state index in [0.717, 1.165) is 5.69 Å². The zero-order chi connectivity index (χ0) is 34.9. The van der Waals surface area contributed by atoms with E-state index in [2.05, 4.69) is 149 Å². The Morgan fingerprint density at radius 1 is 0.435 bits per heavy atom. The van der Waals surface area contributed by atoms with Gasteiger partial charge in [0.15, 0.2) is 0 Å². The normalized spacial score (nSPS) is 6.30. The molecule has 0 aliphatic rings. The molecular weight excluding hydrogens is 875 g/mol. The van der Waals surface area contributed by atoms with Crippen molar-refractivity contribution in [3.8, 4) is 0 Å². The fourth-order valence-corrected chi connectivity index (χ4v) is 5.03. The summed E-state index contributed by atoms with van der Waals surface area (Å²) in [6, 6.07) is 37.7. The van der Waals surface area contributed by atoms with Crippen LogP contribution in [0.3, 0.4) is 0 Å². The molecule has 14 heteroatoms. The summed E-state index contributed by atoms with van der Waals surface area (Å²) < 4.78 is 60.0. The van der Waals surface area contributed by atoms with Crippen molar-refractivity contribution in [1.29, 1.82) is 0 Å². The summed E-state index contributed by atoms with van der Waals surface area (Å²) in [4.78, 5) is 3.84. The molecule has 0 saturated heterocycles. The van der Waals surface area contributed by atoms with E-state index in [-0.39, 0.29) is 58.4 Å². The fraction of sp³-hybridized carbons (Fsp3) is 0.0312. The van der Waals surface area contributed by atoms with Crippen molar-refractivity contribution in [1.82, 2.24) is 4.98 Å². The van der Waals surface area contributed by atoms with Crippen LogP contribution in [-0.2, 0) is 95.7 Å². The van der Waals surface area contributed by atoms with Crippen molar-refractivity contribution in [2.45, 2.75) is 6.92 Å². The second-order valence-electron chi connectivity index (χ2n) is 6.01. The smallest absolute Gasteiger partial charge is 0.0622 e. The molecule has 0 unspecified atom stereocenters. The molecule has 0 amide bonds. The molecule has 4 aromatic rings. The summed E-state index contributed by atoms with van der Waals surface area (Å²) in [5, 5.41) is 4.19. The van der Waals surface area contributed by atoms with Gasteiger partial charge in [0, 0.05) is 39.0 Å². The molecule has 0 fully saturated rings. The Kier molecular flexibility index (Phi) is 86.7. The molecule has 1 radical (unpaired) electrons. The summed E-state index contributed by atoms with van der Waals surface area (Å²) in [6.07, 6.45) is 0. The maximum atomic E-state index is 7.50. The van der Waals surface area contributed by atoms with E-state index >= 15 is 0 Å². The largest absolute Gasteiger partial charge is 1.00 e. The second kappa shape index (κ2) is 60.9. The Hall–Kier alpha value is -3.17. The average molecular weight is 897 g/mol. The van der Waals surface area contributed by atoms with Crippen LogP contribution >= 0.6 is 7.92 Å². The number of nitrogens with one attached hydrogen (secondary N) is 1. The maximum absolute atomic E-state index is 7.50. The summed E-state index contributed by atoms with van der Waals surface area (Å²) in [5.41, 5.74) is 7.93. The van der Waals surface area contributed by atoms with Gasteiger partial charge in [0.1, 0.15) is 0 Å². The first-order chi connectivity index (χ1) is 21.2. The van der Waals surface area contributed by atoms with Crippen LogP contribution in [0, 0.1) is 60.1 Å². The van der Waals surface area contributed by atoms with Crippen LogP contribution in [0.5, 0.6) is 0 Å². The van der Waals surface area contributed by atoms with E-state index in [1.807, 2.05) is 19.1 Å². The molecular formula is C32H22N2O8PRu3. The van der Waals surface area contributed by atoms with Crippen molar-refractivity contribution in [3.63, 3.8) is 0 Å². The first-order valence-corrected chi connectivity index (χ1v) is 11.8. The first kappa shape index (κ1) is 65.5. The summed E-state index contributed by atoms with van der Waals surface area (Å²) in [6.45, 7) is 37.9. The third-order valence-corrected chi connectivity index (χ3v) is 6.38. The van der Waals surface area contributed by atoms with Gasteiger partial charge >= 0.3 is 110 Å². The average Bonchev–Trinajstić information content (AvgIpc) is 3.13. The molecule has 0 atom stereocenters. The van der Waals surface area contributed by atoms with Gasteiger partial charge in [-0.05, 0) is 30.8 Å². The van der Waals surface area contributed by atoms with Gasteiger partial charge in [-0.15, -0.1) is 0 Å². The van der Waals surface area contributed by atoms with Crippen molar-refractivity contribution in [2.75, 3.05) is 0 Å². The first-order valence-electron chi connectivity index (χ1n) is 10.5. The zero-order valence-corrected chi connectivity index (χ0v) is 29.7.